The normalized spacial score (nSPS) is 24.3. The van der Waals surface area contributed by atoms with Gasteiger partial charge in [-0.3, -0.25) is 4.79 Å². The lowest BCUT2D eigenvalue weighted by Gasteiger charge is -2.44. The molecule has 4 heteroatoms. The topological polar surface area (TPSA) is 55.1 Å². The Morgan fingerprint density at radius 2 is 1.88 bits per heavy atom. The number of amides is 1. The minimum absolute atomic E-state index is 0.0657. The SMILES string of the molecule is CCC1(CNC(=O)C2(C(N)=S)CCC2)CCC1. The van der Waals surface area contributed by atoms with E-state index in [1.54, 1.807) is 0 Å². The minimum atomic E-state index is -0.520. The predicted molar refractivity (Wildman–Crippen MR) is 72.7 cm³/mol. The van der Waals surface area contributed by atoms with Gasteiger partial charge in [-0.15, -0.1) is 0 Å². The zero-order valence-electron chi connectivity index (χ0n) is 10.6. The van der Waals surface area contributed by atoms with Crippen LogP contribution >= 0.6 is 12.2 Å². The van der Waals surface area contributed by atoms with E-state index in [1.165, 1.54) is 19.3 Å². The summed E-state index contributed by atoms with van der Waals surface area (Å²) in [7, 11) is 0. The van der Waals surface area contributed by atoms with Crippen molar-refractivity contribution in [1.82, 2.24) is 5.32 Å². The zero-order valence-corrected chi connectivity index (χ0v) is 11.4. The van der Waals surface area contributed by atoms with E-state index in [0.29, 0.717) is 10.4 Å². The second-order valence-corrected chi connectivity index (χ2v) is 6.13. The van der Waals surface area contributed by atoms with E-state index in [4.69, 9.17) is 18.0 Å². The molecule has 1 amide bonds. The monoisotopic (exact) mass is 254 g/mol. The van der Waals surface area contributed by atoms with E-state index < -0.39 is 5.41 Å². The quantitative estimate of drug-likeness (QED) is 0.739. The highest BCUT2D eigenvalue weighted by atomic mass is 32.1. The Morgan fingerprint density at radius 3 is 2.18 bits per heavy atom. The van der Waals surface area contributed by atoms with Crippen molar-refractivity contribution in [3.05, 3.63) is 0 Å². The molecule has 0 atom stereocenters. The summed E-state index contributed by atoms with van der Waals surface area (Å²) in [6, 6.07) is 0. The molecular weight excluding hydrogens is 232 g/mol. The van der Waals surface area contributed by atoms with Crippen LogP contribution in [0.5, 0.6) is 0 Å². The Kier molecular flexibility index (Phi) is 3.43. The second kappa shape index (κ2) is 4.56. The zero-order chi connectivity index (χ0) is 12.5. The van der Waals surface area contributed by atoms with E-state index in [-0.39, 0.29) is 5.91 Å². The molecule has 0 bridgehead atoms. The lowest BCUT2D eigenvalue weighted by molar-refractivity contribution is -0.131. The molecule has 0 heterocycles. The van der Waals surface area contributed by atoms with Crippen molar-refractivity contribution >= 4 is 23.1 Å². The summed E-state index contributed by atoms with van der Waals surface area (Å²) >= 11 is 5.05. The van der Waals surface area contributed by atoms with Gasteiger partial charge >= 0.3 is 0 Å². The van der Waals surface area contributed by atoms with Gasteiger partial charge < -0.3 is 11.1 Å². The summed E-state index contributed by atoms with van der Waals surface area (Å²) in [6.45, 7) is 3.00. The molecule has 0 saturated heterocycles. The number of thiocarbonyl (C=S) groups is 1. The van der Waals surface area contributed by atoms with Gasteiger partial charge in [0.2, 0.25) is 5.91 Å². The molecule has 0 unspecified atom stereocenters. The highest BCUT2D eigenvalue weighted by molar-refractivity contribution is 7.80. The Morgan fingerprint density at radius 1 is 1.29 bits per heavy atom. The van der Waals surface area contributed by atoms with Crippen molar-refractivity contribution < 1.29 is 4.79 Å². The van der Waals surface area contributed by atoms with Gasteiger partial charge in [0.15, 0.2) is 0 Å². The lowest BCUT2D eigenvalue weighted by atomic mass is 9.65. The molecule has 2 aliphatic carbocycles. The molecule has 3 N–H and O–H groups in total. The van der Waals surface area contributed by atoms with Gasteiger partial charge in [0.25, 0.3) is 0 Å². The lowest BCUT2D eigenvalue weighted by Crippen LogP contribution is -2.55. The van der Waals surface area contributed by atoms with E-state index in [9.17, 15) is 4.79 Å². The van der Waals surface area contributed by atoms with Crippen LogP contribution in [0, 0.1) is 10.8 Å². The summed E-state index contributed by atoms with van der Waals surface area (Å²) < 4.78 is 0. The van der Waals surface area contributed by atoms with E-state index in [1.807, 2.05) is 0 Å². The van der Waals surface area contributed by atoms with Crippen molar-refractivity contribution in [1.29, 1.82) is 0 Å². The molecule has 0 aliphatic heterocycles. The summed E-state index contributed by atoms with van der Waals surface area (Å²) in [5.74, 6) is 0.0657. The van der Waals surface area contributed by atoms with Crippen molar-refractivity contribution in [2.45, 2.75) is 51.9 Å². The maximum Gasteiger partial charge on any atom is 0.233 e. The van der Waals surface area contributed by atoms with Gasteiger partial charge in [0.05, 0.1) is 10.4 Å². The molecule has 2 fully saturated rings. The fraction of sp³-hybridized carbons (Fsp3) is 0.846. The second-order valence-electron chi connectivity index (χ2n) is 5.69. The average Bonchev–Trinajstić information content (AvgIpc) is 2.14. The highest BCUT2D eigenvalue weighted by Crippen LogP contribution is 2.44. The molecule has 2 rings (SSSR count). The number of rotatable bonds is 5. The summed E-state index contributed by atoms with van der Waals surface area (Å²) in [6.07, 6.45) is 7.63. The summed E-state index contributed by atoms with van der Waals surface area (Å²) in [5.41, 5.74) is 5.56. The first kappa shape index (κ1) is 12.8. The minimum Gasteiger partial charge on any atom is -0.392 e. The van der Waals surface area contributed by atoms with Gasteiger partial charge in [-0.25, -0.2) is 0 Å². The molecule has 0 spiro atoms. The van der Waals surface area contributed by atoms with E-state index in [2.05, 4.69) is 12.2 Å². The smallest absolute Gasteiger partial charge is 0.233 e. The van der Waals surface area contributed by atoms with Gasteiger partial charge in [0, 0.05) is 6.54 Å². The number of nitrogens with one attached hydrogen (secondary N) is 1. The van der Waals surface area contributed by atoms with E-state index >= 15 is 0 Å². The Hall–Kier alpha value is -0.640. The van der Waals surface area contributed by atoms with Crippen LogP contribution < -0.4 is 11.1 Å². The number of carbonyl (C=O) groups excluding carboxylic acids is 1. The number of carbonyl (C=O) groups is 1. The van der Waals surface area contributed by atoms with Crippen LogP contribution in [0.3, 0.4) is 0 Å². The first-order valence-electron chi connectivity index (χ1n) is 6.63. The van der Waals surface area contributed by atoms with Gasteiger partial charge in [0.1, 0.15) is 0 Å². The van der Waals surface area contributed by atoms with Crippen LogP contribution in [0.15, 0.2) is 0 Å². The van der Waals surface area contributed by atoms with Crippen LogP contribution in [-0.4, -0.2) is 17.4 Å². The molecule has 96 valence electrons. The molecule has 3 nitrogen and oxygen atoms in total. The molecule has 2 aliphatic rings. The molecule has 0 radical (unpaired) electrons. The number of hydrogen-bond donors (Lipinski definition) is 2. The maximum absolute atomic E-state index is 12.2. The van der Waals surface area contributed by atoms with Crippen LogP contribution in [0.2, 0.25) is 0 Å². The Balaban J connectivity index is 1.91. The standard InChI is InChI=1S/C13H22N2OS/c1-2-12(5-3-6-12)9-15-11(16)13(10(14)17)7-4-8-13/h2-9H2,1H3,(H2,14,17)(H,15,16). The Labute approximate surface area is 109 Å². The largest absolute Gasteiger partial charge is 0.392 e. The third-order valence-electron chi connectivity index (χ3n) is 4.90. The Bertz CT molecular complexity index is 327. The van der Waals surface area contributed by atoms with Gasteiger partial charge in [-0.05, 0) is 37.5 Å². The molecule has 17 heavy (non-hydrogen) atoms. The fourth-order valence-electron chi connectivity index (χ4n) is 2.88. The average molecular weight is 254 g/mol. The van der Waals surface area contributed by atoms with Crippen LogP contribution in [0.25, 0.3) is 0 Å². The van der Waals surface area contributed by atoms with Crippen molar-refractivity contribution in [2.24, 2.45) is 16.6 Å². The first-order valence-corrected chi connectivity index (χ1v) is 7.04. The van der Waals surface area contributed by atoms with Gasteiger partial charge in [-0.1, -0.05) is 32.0 Å². The third-order valence-corrected chi connectivity index (χ3v) is 5.29. The van der Waals surface area contributed by atoms with Crippen LogP contribution in [0.4, 0.5) is 0 Å². The molecule has 0 aromatic heterocycles. The number of nitrogens with two attached hydrogens (primary N) is 1. The van der Waals surface area contributed by atoms with E-state index in [0.717, 1.165) is 32.2 Å². The first-order chi connectivity index (χ1) is 8.05. The van der Waals surface area contributed by atoms with Gasteiger partial charge in [-0.2, -0.15) is 0 Å². The van der Waals surface area contributed by atoms with Crippen LogP contribution in [0.1, 0.15) is 51.9 Å². The molecule has 2 saturated carbocycles. The number of hydrogen-bond acceptors (Lipinski definition) is 2. The molecular formula is C13H22N2OS. The molecule has 0 aromatic carbocycles. The van der Waals surface area contributed by atoms with Crippen molar-refractivity contribution in [3.8, 4) is 0 Å². The summed E-state index contributed by atoms with van der Waals surface area (Å²) in [5, 5.41) is 3.09. The van der Waals surface area contributed by atoms with Crippen LogP contribution in [-0.2, 0) is 4.79 Å². The van der Waals surface area contributed by atoms with Crippen molar-refractivity contribution in [2.75, 3.05) is 6.54 Å². The molecule has 0 aromatic rings. The predicted octanol–water partition coefficient (Wildman–Crippen LogP) is 2.14. The third kappa shape index (κ3) is 2.07. The highest BCUT2D eigenvalue weighted by Gasteiger charge is 2.47. The fourth-order valence-corrected chi connectivity index (χ4v) is 3.18. The summed E-state index contributed by atoms with van der Waals surface area (Å²) in [4.78, 5) is 12.6. The maximum atomic E-state index is 12.2. The van der Waals surface area contributed by atoms with Crippen molar-refractivity contribution in [3.63, 3.8) is 0 Å².